The smallest absolute Gasteiger partial charge is 0.133 e. The van der Waals surface area contributed by atoms with E-state index in [0.717, 1.165) is 5.56 Å². The van der Waals surface area contributed by atoms with Crippen LogP contribution in [0.25, 0.3) is 0 Å². The van der Waals surface area contributed by atoms with Crippen LogP contribution in [0, 0.1) is 18.6 Å². The number of halogens is 2. The third-order valence-corrected chi connectivity index (χ3v) is 2.27. The Kier molecular flexibility index (Phi) is 2.95. The molecule has 0 amide bonds. The van der Waals surface area contributed by atoms with Gasteiger partial charge in [0, 0.05) is 23.9 Å². The van der Waals surface area contributed by atoms with E-state index >= 15 is 0 Å². The van der Waals surface area contributed by atoms with Gasteiger partial charge in [-0.1, -0.05) is 6.07 Å². The maximum atomic E-state index is 13.1. The highest BCUT2D eigenvalue weighted by Gasteiger charge is 2.05. The molecule has 0 bridgehead atoms. The number of rotatable bonds is 2. The van der Waals surface area contributed by atoms with Crippen LogP contribution in [0.4, 0.5) is 14.5 Å². The predicted molar refractivity (Wildman–Crippen MR) is 62.0 cm³/mol. The van der Waals surface area contributed by atoms with Gasteiger partial charge in [-0.25, -0.2) is 8.78 Å². The van der Waals surface area contributed by atoms with Crippen LogP contribution >= 0.6 is 0 Å². The largest absolute Gasteiger partial charge is 0.457 e. The molecule has 0 radical (unpaired) electrons. The molecule has 0 heterocycles. The van der Waals surface area contributed by atoms with E-state index in [1.165, 1.54) is 30.3 Å². The Bertz CT molecular complexity index is 535. The molecule has 0 aliphatic rings. The van der Waals surface area contributed by atoms with Gasteiger partial charge in [0.15, 0.2) is 0 Å². The highest BCUT2D eigenvalue weighted by atomic mass is 19.1. The van der Waals surface area contributed by atoms with Crippen LogP contribution in [-0.2, 0) is 0 Å². The van der Waals surface area contributed by atoms with E-state index in [-0.39, 0.29) is 11.4 Å². The number of hydrogen-bond donors (Lipinski definition) is 1. The van der Waals surface area contributed by atoms with E-state index in [1.807, 2.05) is 0 Å². The zero-order valence-electron chi connectivity index (χ0n) is 9.21. The van der Waals surface area contributed by atoms with Crippen LogP contribution in [0.2, 0.25) is 0 Å². The summed E-state index contributed by atoms with van der Waals surface area (Å²) in [4.78, 5) is 0. The summed E-state index contributed by atoms with van der Waals surface area (Å²) in [6.07, 6.45) is 0. The number of nitrogens with two attached hydrogens (primary N) is 1. The van der Waals surface area contributed by atoms with Gasteiger partial charge in [-0.05, 0) is 24.6 Å². The van der Waals surface area contributed by atoms with Crippen LogP contribution in [0.1, 0.15) is 5.56 Å². The minimum Gasteiger partial charge on any atom is -0.457 e. The van der Waals surface area contributed by atoms with E-state index in [4.69, 9.17) is 10.5 Å². The lowest BCUT2D eigenvalue weighted by Crippen LogP contribution is -1.92. The van der Waals surface area contributed by atoms with Crippen molar-refractivity contribution in [3.8, 4) is 11.5 Å². The molecule has 0 atom stereocenters. The molecule has 0 fully saturated rings. The molecule has 0 saturated carbocycles. The lowest BCUT2D eigenvalue weighted by atomic mass is 10.2. The van der Waals surface area contributed by atoms with Crippen molar-refractivity contribution in [3.63, 3.8) is 0 Å². The van der Waals surface area contributed by atoms with E-state index in [2.05, 4.69) is 0 Å². The summed E-state index contributed by atoms with van der Waals surface area (Å²) in [6, 6.07) is 8.03. The SMILES string of the molecule is Cc1ccc(F)cc1Oc1cc(N)cc(F)c1. The second kappa shape index (κ2) is 4.41. The molecule has 0 aromatic heterocycles. The highest BCUT2D eigenvalue weighted by molar-refractivity contribution is 5.46. The number of aryl methyl sites for hydroxylation is 1. The van der Waals surface area contributed by atoms with Gasteiger partial charge in [-0.2, -0.15) is 0 Å². The summed E-state index contributed by atoms with van der Waals surface area (Å²) < 4.78 is 31.5. The molecule has 0 spiro atoms. The average molecular weight is 235 g/mol. The molecule has 17 heavy (non-hydrogen) atoms. The molecule has 88 valence electrons. The van der Waals surface area contributed by atoms with E-state index in [1.54, 1.807) is 13.0 Å². The molecule has 0 saturated heterocycles. The summed E-state index contributed by atoms with van der Waals surface area (Å²) in [6.45, 7) is 1.78. The lowest BCUT2D eigenvalue weighted by Gasteiger charge is -2.09. The van der Waals surface area contributed by atoms with Crippen molar-refractivity contribution < 1.29 is 13.5 Å². The van der Waals surface area contributed by atoms with Crippen molar-refractivity contribution in [2.75, 3.05) is 5.73 Å². The zero-order valence-corrected chi connectivity index (χ0v) is 9.21. The third-order valence-electron chi connectivity index (χ3n) is 2.27. The fourth-order valence-corrected chi connectivity index (χ4v) is 1.45. The molecule has 0 unspecified atom stereocenters. The molecule has 2 rings (SSSR count). The Morgan fingerprint density at radius 3 is 2.47 bits per heavy atom. The van der Waals surface area contributed by atoms with Crippen LogP contribution in [0.3, 0.4) is 0 Å². The van der Waals surface area contributed by atoms with Crippen molar-refractivity contribution in [2.24, 2.45) is 0 Å². The topological polar surface area (TPSA) is 35.2 Å². The first-order valence-corrected chi connectivity index (χ1v) is 5.04. The molecular weight excluding hydrogens is 224 g/mol. The first-order valence-electron chi connectivity index (χ1n) is 5.04. The fourth-order valence-electron chi connectivity index (χ4n) is 1.45. The van der Waals surface area contributed by atoms with Crippen molar-refractivity contribution in [1.82, 2.24) is 0 Å². The maximum Gasteiger partial charge on any atom is 0.133 e. The Hall–Kier alpha value is -2.10. The maximum absolute atomic E-state index is 13.1. The third kappa shape index (κ3) is 2.72. The van der Waals surface area contributed by atoms with Gasteiger partial charge in [0.1, 0.15) is 23.1 Å². The van der Waals surface area contributed by atoms with Gasteiger partial charge in [-0.15, -0.1) is 0 Å². The lowest BCUT2D eigenvalue weighted by molar-refractivity contribution is 0.468. The van der Waals surface area contributed by atoms with Gasteiger partial charge >= 0.3 is 0 Å². The van der Waals surface area contributed by atoms with Crippen molar-refractivity contribution in [1.29, 1.82) is 0 Å². The summed E-state index contributed by atoms with van der Waals surface area (Å²) in [5, 5.41) is 0. The predicted octanol–water partition coefficient (Wildman–Crippen LogP) is 3.65. The summed E-state index contributed by atoms with van der Waals surface area (Å²) in [5.74, 6) is -0.310. The first-order chi connectivity index (χ1) is 8.04. The van der Waals surface area contributed by atoms with E-state index in [9.17, 15) is 8.78 Å². The van der Waals surface area contributed by atoms with Crippen molar-refractivity contribution in [2.45, 2.75) is 6.92 Å². The van der Waals surface area contributed by atoms with Crippen LogP contribution in [0.15, 0.2) is 36.4 Å². The Balaban J connectivity index is 2.34. The van der Waals surface area contributed by atoms with Crippen LogP contribution in [-0.4, -0.2) is 0 Å². The molecule has 0 aliphatic heterocycles. The van der Waals surface area contributed by atoms with Crippen molar-refractivity contribution >= 4 is 5.69 Å². The number of hydrogen-bond acceptors (Lipinski definition) is 2. The summed E-state index contributed by atoms with van der Waals surface area (Å²) in [7, 11) is 0. The second-order valence-electron chi connectivity index (χ2n) is 3.73. The molecule has 0 aliphatic carbocycles. The minimum absolute atomic E-state index is 0.246. The van der Waals surface area contributed by atoms with Crippen LogP contribution in [0.5, 0.6) is 11.5 Å². The second-order valence-corrected chi connectivity index (χ2v) is 3.73. The Morgan fingerprint density at radius 2 is 1.76 bits per heavy atom. The van der Waals surface area contributed by atoms with Crippen molar-refractivity contribution in [3.05, 3.63) is 53.6 Å². The normalized spacial score (nSPS) is 10.3. The fraction of sp³-hybridized carbons (Fsp3) is 0.0769. The van der Waals surface area contributed by atoms with Gasteiger partial charge in [0.25, 0.3) is 0 Å². The number of nitrogen functional groups attached to an aromatic ring is 1. The molecule has 2 aromatic rings. The standard InChI is InChI=1S/C13H11F2NO/c1-8-2-3-9(14)6-13(8)17-12-5-10(15)4-11(16)7-12/h2-7H,16H2,1H3. The molecule has 4 heteroatoms. The first kappa shape index (κ1) is 11.4. The number of anilines is 1. The van der Waals surface area contributed by atoms with Gasteiger partial charge < -0.3 is 10.5 Å². The Labute approximate surface area is 97.6 Å². The van der Waals surface area contributed by atoms with Gasteiger partial charge in [0.2, 0.25) is 0 Å². The highest BCUT2D eigenvalue weighted by Crippen LogP contribution is 2.27. The average Bonchev–Trinajstić information content (AvgIpc) is 2.22. The molecule has 2 aromatic carbocycles. The molecule has 2 nitrogen and oxygen atoms in total. The summed E-state index contributed by atoms with van der Waals surface area (Å²) in [5.41, 5.74) is 6.50. The quantitative estimate of drug-likeness (QED) is 0.806. The van der Waals surface area contributed by atoms with E-state index < -0.39 is 11.6 Å². The van der Waals surface area contributed by atoms with Gasteiger partial charge in [-0.3, -0.25) is 0 Å². The molecule has 2 N–H and O–H groups in total. The van der Waals surface area contributed by atoms with E-state index in [0.29, 0.717) is 5.75 Å². The Morgan fingerprint density at radius 1 is 1.00 bits per heavy atom. The number of ether oxygens (including phenoxy) is 1. The van der Waals surface area contributed by atoms with Gasteiger partial charge in [0.05, 0.1) is 0 Å². The minimum atomic E-state index is -0.492. The van der Waals surface area contributed by atoms with Crippen LogP contribution < -0.4 is 10.5 Å². The number of benzene rings is 2. The zero-order chi connectivity index (χ0) is 12.4. The molecular formula is C13H11F2NO. The monoisotopic (exact) mass is 235 g/mol. The summed E-state index contributed by atoms with van der Waals surface area (Å²) >= 11 is 0.